The van der Waals surface area contributed by atoms with Gasteiger partial charge in [-0.25, -0.2) is 9.97 Å². The summed E-state index contributed by atoms with van der Waals surface area (Å²) in [6.07, 6.45) is 1.78. The quantitative estimate of drug-likeness (QED) is 0.657. The van der Waals surface area contributed by atoms with Crippen LogP contribution in [0.3, 0.4) is 0 Å². The number of fused-ring (bicyclic) bond motifs is 1. The molecule has 17 heavy (non-hydrogen) atoms. The zero-order valence-electron chi connectivity index (χ0n) is 9.08. The first-order valence-corrected chi connectivity index (χ1v) is 5.92. The maximum absolute atomic E-state index is 8.99. The molecule has 0 bridgehead atoms. The lowest BCUT2D eigenvalue weighted by molar-refractivity contribution is 0.948. The van der Waals surface area contributed by atoms with E-state index in [2.05, 4.69) is 16.0 Å². The topological polar surface area (TPSA) is 54.5 Å². The van der Waals surface area contributed by atoms with Gasteiger partial charge < -0.3 is 4.57 Å². The van der Waals surface area contributed by atoms with Gasteiger partial charge in [0.25, 0.3) is 0 Å². The van der Waals surface area contributed by atoms with Gasteiger partial charge in [0.1, 0.15) is 10.9 Å². The molecule has 2 heterocycles. The first-order chi connectivity index (χ1) is 8.29. The second kappa shape index (κ2) is 3.68. The monoisotopic (exact) mass is 240 g/mol. The van der Waals surface area contributed by atoms with Crippen LogP contribution >= 0.6 is 11.3 Å². The molecule has 0 N–H and O–H groups in total. The summed E-state index contributed by atoms with van der Waals surface area (Å²) < 4.78 is 1.96. The van der Waals surface area contributed by atoms with Gasteiger partial charge in [0.2, 0.25) is 0 Å². The molecule has 3 aromatic rings. The lowest BCUT2D eigenvalue weighted by Gasteiger charge is -1.99. The van der Waals surface area contributed by atoms with Crippen molar-refractivity contribution in [1.29, 1.82) is 5.26 Å². The van der Waals surface area contributed by atoms with Crippen LogP contribution < -0.4 is 0 Å². The average molecular weight is 240 g/mol. The predicted octanol–water partition coefficient (Wildman–Crippen LogP) is 2.57. The van der Waals surface area contributed by atoms with E-state index < -0.39 is 0 Å². The Kier molecular flexibility index (Phi) is 2.16. The van der Waals surface area contributed by atoms with Crippen molar-refractivity contribution in [2.45, 2.75) is 0 Å². The highest BCUT2D eigenvalue weighted by molar-refractivity contribution is 7.10. The van der Waals surface area contributed by atoms with Gasteiger partial charge in [-0.15, -0.1) is 11.3 Å². The van der Waals surface area contributed by atoms with Crippen molar-refractivity contribution < 1.29 is 0 Å². The van der Waals surface area contributed by atoms with E-state index in [0.29, 0.717) is 4.88 Å². The summed E-state index contributed by atoms with van der Waals surface area (Å²) in [5, 5.41) is 8.99. The Balaban J connectivity index is 2.22. The minimum atomic E-state index is 0.639. The van der Waals surface area contributed by atoms with Crippen LogP contribution in [0, 0.1) is 11.3 Å². The lowest BCUT2D eigenvalue weighted by atomic mass is 10.1. The molecule has 0 aliphatic carbocycles. The molecular formula is C12H8N4S. The van der Waals surface area contributed by atoms with Gasteiger partial charge in [-0.3, -0.25) is 0 Å². The number of rotatable bonds is 1. The van der Waals surface area contributed by atoms with Crippen LogP contribution in [0.15, 0.2) is 30.0 Å². The van der Waals surface area contributed by atoms with Gasteiger partial charge in [-0.2, -0.15) is 5.26 Å². The van der Waals surface area contributed by atoms with Gasteiger partial charge in [0.05, 0.1) is 28.6 Å². The Morgan fingerprint density at radius 3 is 3.06 bits per heavy atom. The first kappa shape index (κ1) is 10.00. The van der Waals surface area contributed by atoms with Crippen LogP contribution in [0.2, 0.25) is 0 Å². The van der Waals surface area contributed by atoms with Gasteiger partial charge >= 0.3 is 0 Å². The Morgan fingerprint density at radius 2 is 2.24 bits per heavy atom. The SMILES string of the molecule is Cn1cnc2cc(-c3ncsc3C#N)ccc21. The summed E-state index contributed by atoms with van der Waals surface area (Å²) >= 11 is 1.36. The van der Waals surface area contributed by atoms with Crippen LogP contribution in [-0.2, 0) is 7.05 Å². The van der Waals surface area contributed by atoms with E-state index in [0.717, 1.165) is 22.3 Å². The summed E-state index contributed by atoms with van der Waals surface area (Å²) in [6.45, 7) is 0. The van der Waals surface area contributed by atoms with Crippen molar-refractivity contribution in [3.63, 3.8) is 0 Å². The highest BCUT2D eigenvalue weighted by atomic mass is 32.1. The molecule has 4 nitrogen and oxygen atoms in total. The van der Waals surface area contributed by atoms with Crippen molar-refractivity contribution in [3.8, 4) is 17.3 Å². The number of aryl methyl sites for hydroxylation is 1. The summed E-state index contributed by atoms with van der Waals surface area (Å²) in [5.74, 6) is 0. The zero-order valence-corrected chi connectivity index (χ0v) is 9.90. The lowest BCUT2D eigenvalue weighted by Crippen LogP contribution is -1.85. The molecular weight excluding hydrogens is 232 g/mol. The largest absolute Gasteiger partial charge is 0.334 e. The first-order valence-electron chi connectivity index (χ1n) is 5.04. The number of thiazole rings is 1. The third kappa shape index (κ3) is 1.50. The molecule has 0 aliphatic rings. The molecule has 0 saturated carbocycles. The normalized spacial score (nSPS) is 10.6. The van der Waals surface area contributed by atoms with Crippen LogP contribution in [0.5, 0.6) is 0 Å². The van der Waals surface area contributed by atoms with E-state index in [1.165, 1.54) is 11.3 Å². The summed E-state index contributed by atoms with van der Waals surface area (Å²) in [7, 11) is 1.96. The van der Waals surface area contributed by atoms with Crippen LogP contribution in [0.1, 0.15) is 4.88 Å². The standard InChI is InChI=1S/C12H8N4S/c1-16-6-14-9-4-8(2-3-10(9)16)12-11(5-13)17-7-15-12/h2-4,6-7H,1H3. The van der Waals surface area contributed by atoms with E-state index in [1.807, 2.05) is 29.8 Å². The van der Waals surface area contributed by atoms with Crippen molar-refractivity contribution in [2.75, 3.05) is 0 Å². The summed E-state index contributed by atoms with van der Waals surface area (Å²) in [4.78, 5) is 9.17. The highest BCUT2D eigenvalue weighted by Gasteiger charge is 2.09. The van der Waals surface area contributed by atoms with Crippen LogP contribution in [0.25, 0.3) is 22.3 Å². The van der Waals surface area contributed by atoms with Crippen molar-refractivity contribution in [3.05, 3.63) is 34.9 Å². The Labute approximate surface area is 102 Å². The van der Waals surface area contributed by atoms with Gasteiger partial charge in [-0.1, -0.05) is 6.07 Å². The second-order valence-electron chi connectivity index (χ2n) is 3.70. The Morgan fingerprint density at radius 1 is 1.35 bits per heavy atom. The third-order valence-corrected chi connectivity index (χ3v) is 3.40. The smallest absolute Gasteiger partial charge is 0.132 e. The van der Waals surface area contributed by atoms with Gasteiger partial charge in [0.15, 0.2) is 0 Å². The molecule has 0 saturated heterocycles. The number of imidazole rings is 1. The van der Waals surface area contributed by atoms with Crippen molar-refractivity contribution in [1.82, 2.24) is 14.5 Å². The second-order valence-corrected chi connectivity index (χ2v) is 4.56. The third-order valence-electron chi connectivity index (χ3n) is 2.67. The molecule has 82 valence electrons. The van der Waals surface area contributed by atoms with E-state index in [-0.39, 0.29) is 0 Å². The average Bonchev–Trinajstić information content (AvgIpc) is 2.96. The summed E-state index contributed by atoms with van der Waals surface area (Å²) in [5.41, 5.74) is 5.36. The molecule has 0 amide bonds. The maximum Gasteiger partial charge on any atom is 0.132 e. The van der Waals surface area contributed by atoms with E-state index in [4.69, 9.17) is 5.26 Å². The van der Waals surface area contributed by atoms with Gasteiger partial charge in [0, 0.05) is 12.6 Å². The Bertz CT molecular complexity index is 732. The van der Waals surface area contributed by atoms with Crippen LogP contribution in [0.4, 0.5) is 0 Å². The predicted molar refractivity (Wildman–Crippen MR) is 66.5 cm³/mol. The minimum Gasteiger partial charge on any atom is -0.334 e. The molecule has 0 unspecified atom stereocenters. The fourth-order valence-electron chi connectivity index (χ4n) is 1.81. The van der Waals surface area contributed by atoms with Crippen molar-refractivity contribution >= 4 is 22.4 Å². The molecule has 0 aliphatic heterocycles. The molecule has 0 fully saturated rings. The van der Waals surface area contributed by atoms with Gasteiger partial charge in [-0.05, 0) is 12.1 Å². The zero-order chi connectivity index (χ0) is 11.8. The number of nitriles is 1. The fourth-order valence-corrected chi connectivity index (χ4v) is 2.41. The van der Waals surface area contributed by atoms with Crippen LogP contribution in [-0.4, -0.2) is 14.5 Å². The maximum atomic E-state index is 8.99. The number of hydrogen-bond donors (Lipinski definition) is 0. The van der Waals surface area contributed by atoms with Crippen molar-refractivity contribution in [2.24, 2.45) is 7.05 Å². The molecule has 3 rings (SSSR count). The molecule has 5 heteroatoms. The number of aromatic nitrogens is 3. The minimum absolute atomic E-state index is 0.639. The molecule has 1 aromatic carbocycles. The molecule has 0 atom stereocenters. The molecule has 0 spiro atoms. The number of hydrogen-bond acceptors (Lipinski definition) is 4. The van der Waals surface area contributed by atoms with E-state index in [1.54, 1.807) is 11.8 Å². The fraction of sp³-hybridized carbons (Fsp3) is 0.0833. The van der Waals surface area contributed by atoms with E-state index >= 15 is 0 Å². The molecule has 2 aromatic heterocycles. The number of benzene rings is 1. The highest BCUT2D eigenvalue weighted by Crippen LogP contribution is 2.27. The molecule has 0 radical (unpaired) electrons. The number of nitrogens with zero attached hydrogens (tertiary/aromatic N) is 4. The Hall–Kier alpha value is -2.19. The summed E-state index contributed by atoms with van der Waals surface area (Å²) in [6, 6.07) is 8.09. The van der Waals surface area contributed by atoms with E-state index in [9.17, 15) is 0 Å².